The van der Waals surface area contributed by atoms with Gasteiger partial charge in [-0.2, -0.15) is 0 Å². The Morgan fingerprint density at radius 2 is 1.33 bits per heavy atom. The zero-order valence-corrected chi connectivity index (χ0v) is 8.98. The molecule has 1 atom stereocenters. The third-order valence-electron chi connectivity index (χ3n) is 2.34. The first-order valence-electron chi connectivity index (χ1n) is 4.82. The lowest BCUT2D eigenvalue weighted by atomic mass is 10.0. The van der Waals surface area contributed by atoms with Gasteiger partial charge in [-0.25, -0.2) is 0 Å². The molecular weight excluding hydrogens is 206 g/mol. The van der Waals surface area contributed by atoms with Gasteiger partial charge >= 0.3 is 0 Å². The number of benzene rings is 2. The van der Waals surface area contributed by atoms with Crippen molar-refractivity contribution >= 4 is 11.6 Å². The van der Waals surface area contributed by atoms with Crippen molar-refractivity contribution in [3.8, 4) is 11.1 Å². The summed E-state index contributed by atoms with van der Waals surface area (Å²) in [6.07, 6.45) is 0. The molecule has 0 aliphatic carbocycles. The molecule has 0 aliphatic heterocycles. The Bertz CT molecular complexity index is 420. The lowest BCUT2D eigenvalue weighted by Gasteiger charge is -2.05. The van der Waals surface area contributed by atoms with Crippen LogP contribution in [-0.2, 0) is 0 Å². The van der Waals surface area contributed by atoms with Gasteiger partial charge in [-0.1, -0.05) is 54.6 Å². The lowest BCUT2D eigenvalue weighted by molar-refractivity contribution is 1.02. The highest BCUT2D eigenvalue weighted by Crippen LogP contribution is 2.22. The lowest BCUT2D eigenvalue weighted by Crippen LogP contribution is -2.01. The van der Waals surface area contributed by atoms with Gasteiger partial charge in [0.25, 0.3) is 0 Å². The van der Waals surface area contributed by atoms with Gasteiger partial charge in [0.2, 0.25) is 0 Å². The van der Waals surface area contributed by atoms with Crippen LogP contribution in [-0.4, -0.2) is 0 Å². The van der Waals surface area contributed by atoms with Gasteiger partial charge in [-0.15, -0.1) is 11.6 Å². The summed E-state index contributed by atoms with van der Waals surface area (Å²) in [5.74, 6) is 0. The van der Waals surface area contributed by atoms with E-state index in [4.69, 9.17) is 17.3 Å². The van der Waals surface area contributed by atoms with E-state index in [2.05, 4.69) is 12.1 Å². The highest BCUT2D eigenvalue weighted by molar-refractivity contribution is 6.20. The molecule has 0 aliphatic rings. The zero-order chi connectivity index (χ0) is 10.7. The van der Waals surface area contributed by atoms with Crippen molar-refractivity contribution in [1.82, 2.24) is 0 Å². The van der Waals surface area contributed by atoms with Gasteiger partial charge in [0.15, 0.2) is 0 Å². The van der Waals surface area contributed by atoms with Crippen molar-refractivity contribution in [2.24, 2.45) is 5.73 Å². The number of rotatable bonds is 2. The van der Waals surface area contributed by atoms with Crippen LogP contribution >= 0.6 is 11.6 Å². The Kier molecular flexibility index (Phi) is 3.05. The summed E-state index contributed by atoms with van der Waals surface area (Å²) in [6, 6.07) is 18.2. The molecule has 0 heterocycles. The molecule has 1 unspecified atom stereocenters. The molecule has 1 nitrogen and oxygen atoms in total. The van der Waals surface area contributed by atoms with E-state index in [-0.39, 0.29) is 0 Å². The molecule has 2 aromatic rings. The Labute approximate surface area is 94.5 Å². The van der Waals surface area contributed by atoms with E-state index < -0.39 is 5.50 Å². The van der Waals surface area contributed by atoms with Gasteiger partial charge < -0.3 is 5.73 Å². The number of alkyl halides is 1. The Morgan fingerprint density at radius 1 is 0.800 bits per heavy atom. The summed E-state index contributed by atoms with van der Waals surface area (Å²) >= 11 is 5.78. The van der Waals surface area contributed by atoms with Gasteiger partial charge in [-0.3, -0.25) is 0 Å². The van der Waals surface area contributed by atoms with Crippen LogP contribution in [0.4, 0.5) is 0 Å². The monoisotopic (exact) mass is 217 g/mol. The van der Waals surface area contributed by atoms with Crippen LogP contribution in [0, 0.1) is 0 Å². The summed E-state index contributed by atoms with van der Waals surface area (Å²) in [6.45, 7) is 0. The fourth-order valence-electron chi connectivity index (χ4n) is 1.49. The zero-order valence-electron chi connectivity index (χ0n) is 8.23. The van der Waals surface area contributed by atoms with Crippen LogP contribution in [0.15, 0.2) is 54.6 Å². The van der Waals surface area contributed by atoms with Crippen molar-refractivity contribution in [3.63, 3.8) is 0 Å². The smallest absolute Gasteiger partial charge is 0.106 e. The second kappa shape index (κ2) is 4.47. The molecule has 2 rings (SSSR count). The van der Waals surface area contributed by atoms with Crippen molar-refractivity contribution in [3.05, 3.63) is 60.2 Å². The average molecular weight is 218 g/mol. The molecule has 0 saturated carbocycles. The fraction of sp³-hybridized carbons (Fsp3) is 0.0769. The molecular formula is C13H12ClN. The van der Waals surface area contributed by atoms with E-state index in [1.165, 1.54) is 11.1 Å². The van der Waals surface area contributed by atoms with E-state index in [0.29, 0.717) is 0 Å². The third-order valence-corrected chi connectivity index (χ3v) is 2.59. The van der Waals surface area contributed by atoms with Gasteiger partial charge in [-0.05, 0) is 16.7 Å². The first kappa shape index (κ1) is 10.2. The van der Waals surface area contributed by atoms with Crippen molar-refractivity contribution < 1.29 is 0 Å². The number of nitrogens with two attached hydrogens (primary N) is 1. The summed E-state index contributed by atoms with van der Waals surface area (Å²) in [5, 5.41) is 0. The van der Waals surface area contributed by atoms with Gasteiger partial charge in [0.1, 0.15) is 5.50 Å². The number of hydrogen-bond donors (Lipinski definition) is 1. The van der Waals surface area contributed by atoms with Gasteiger partial charge in [0.05, 0.1) is 0 Å². The van der Waals surface area contributed by atoms with Gasteiger partial charge in [0, 0.05) is 0 Å². The van der Waals surface area contributed by atoms with Crippen LogP contribution in [0.2, 0.25) is 0 Å². The van der Waals surface area contributed by atoms with Crippen LogP contribution < -0.4 is 5.73 Å². The van der Waals surface area contributed by atoms with Crippen LogP contribution in [0.1, 0.15) is 11.1 Å². The molecule has 0 amide bonds. The maximum absolute atomic E-state index is 5.78. The van der Waals surface area contributed by atoms with E-state index in [1.807, 2.05) is 42.5 Å². The molecule has 0 saturated heterocycles. The molecule has 15 heavy (non-hydrogen) atoms. The maximum atomic E-state index is 5.78. The molecule has 0 spiro atoms. The summed E-state index contributed by atoms with van der Waals surface area (Å²) < 4.78 is 0. The van der Waals surface area contributed by atoms with E-state index >= 15 is 0 Å². The first-order valence-corrected chi connectivity index (χ1v) is 5.26. The molecule has 76 valence electrons. The first-order chi connectivity index (χ1) is 7.27. The molecule has 0 aromatic heterocycles. The molecule has 2 N–H and O–H groups in total. The third kappa shape index (κ3) is 2.38. The van der Waals surface area contributed by atoms with Crippen LogP contribution in [0.5, 0.6) is 0 Å². The summed E-state index contributed by atoms with van der Waals surface area (Å²) in [7, 11) is 0. The number of hydrogen-bond acceptors (Lipinski definition) is 1. The summed E-state index contributed by atoms with van der Waals surface area (Å²) in [4.78, 5) is 0. The highest BCUT2D eigenvalue weighted by Gasteiger charge is 2.01. The quantitative estimate of drug-likeness (QED) is 0.604. The Hall–Kier alpha value is -1.31. The maximum Gasteiger partial charge on any atom is 0.106 e. The van der Waals surface area contributed by atoms with E-state index in [0.717, 1.165) is 5.56 Å². The van der Waals surface area contributed by atoms with Crippen LogP contribution in [0.3, 0.4) is 0 Å². The van der Waals surface area contributed by atoms with Crippen molar-refractivity contribution in [2.45, 2.75) is 5.50 Å². The molecule has 2 aromatic carbocycles. The minimum absolute atomic E-state index is 0.421. The molecule has 0 fully saturated rings. The Morgan fingerprint density at radius 3 is 1.87 bits per heavy atom. The van der Waals surface area contributed by atoms with Crippen molar-refractivity contribution in [1.29, 1.82) is 0 Å². The molecule has 0 radical (unpaired) electrons. The second-order valence-electron chi connectivity index (χ2n) is 3.39. The normalized spacial score (nSPS) is 12.4. The minimum Gasteiger partial charge on any atom is -0.312 e. The molecule has 0 bridgehead atoms. The summed E-state index contributed by atoms with van der Waals surface area (Å²) in [5.41, 5.74) is 8.47. The van der Waals surface area contributed by atoms with Crippen molar-refractivity contribution in [2.75, 3.05) is 0 Å². The number of halogens is 1. The second-order valence-corrected chi connectivity index (χ2v) is 3.86. The SMILES string of the molecule is NC(Cl)c1ccc(-c2ccccc2)cc1. The average Bonchev–Trinajstić information content (AvgIpc) is 2.30. The predicted molar refractivity (Wildman–Crippen MR) is 64.7 cm³/mol. The molecule has 2 heteroatoms. The highest BCUT2D eigenvalue weighted by atomic mass is 35.5. The largest absolute Gasteiger partial charge is 0.312 e. The fourth-order valence-corrected chi connectivity index (χ4v) is 1.64. The predicted octanol–water partition coefficient (Wildman–Crippen LogP) is 3.55. The van der Waals surface area contributed by atoms with E-state index in [1.54, 1.807) is 0 Å². The topological polar surface area (TPSA) is 26.0 Å². The standard InChI is InChI=1S/C13H12ClN/c14-13(15)12-8-6-11(7-9-12)10-4-2-1-3-5-10/h1-9,13H,15H2. The minimum atomic E-state index is -0.421. The van der Waals surface area contributed by atoms with Crippen LogP contribution in [0.25, 0.3) is 11.1 Å². The Balaban J connectivity index is 2.32. The van der Waals surface area contributed by atoms with E-state index in [9.17, 15) is 0 Å².